The number of carbonyl (C=O) groups excluding carboxylic acids is 1. The van der Waals surface area contributed by atoms with Crippen LogP contribution in [-0.4, -0.2) is 18.1 Å². The SMILES string of the molecule is COC(=O)C(F)(F)c1cc(Cl)nc(-c2ccc(F)c(Cl)c2F)c1F. The summed E-state index contributed by atoms with van der Waals surface area (Å²) < 4.78 is 73.4. The molecule has 0 bridgehead atoms. The molecule has 24 heavy (non-hydrogen) atoms. The highest BCUT2D eigenvalue weighted by Gasteiger charge is 2.46. The van der Waals surface area contributed by atoms with E-state index in [0.29, 0.717) is 19.2 Å². The van der Waals surface area contributed by atoms with Gasteiger partial charge in [0.05, 0.1) is 12.7 Å². The molecule has 0 unspecified atom stereocenters. The number of rotatable bonds is 3. The zero-order valence-corrected chi connectivity index (χ0v) is 13.2. The number of carbonyl (C=O) groups is 1. The predicted octanol–water partition coefficient (Wildman–Crippen LogP) is 4.74. The maximum Gasteiger partial charge on any atom is 0.381 e. The number of pyridine rings is 1. The van der Waals surface area contributed by atoms with Crippen LogP contribution in [0, 0.1) is 17.5 Å². The molecule has 3 nitrogen and oxygen atoms in total. The van der Waals surface area contributed by atoms with Crippen LogP contribution in [0.1, 0.15) is 5.56 Å². The van der Waals surface area contributed by atoms with Gasteiger partial charge in [0.15, 0.2) is 11.6 Å². The van der Waals surface area contributed by atoms with Crippen LogP contribution in [0.4, 0.5) is 22.0 Å². The van der Waals surface area contributed by atoms with Crippen LogP contribution in [-0.2, 0) is 15.5 Å². The summed E-state index contributed by atoms with van der Waals surface area (Å²) in [5.41, 5.74) is -3.13. The summed E-state index contributed by atoms with van der Waals surface area (Å²) in [4.78, 5) is 14.6. The fraction of sp³-hybridized carbons (Fsp3) is 0.143. The molecule has 128 valence electrons. The molecule has 0 aliphatic heterocycles. The van der Waals surface area contributed by atoms with Crippen LogP contribution in [0.2, 0.25) is 10.2 Å². The molecule has 2 aromatic rings. The van der Waals surface area contributed by atoms with Crippen LogP contribution in [0.3, 0.4) is 0 Å². The Kier molecular flexibility index (Phi) is 5.00. The topological polar surface area (TPSA) is 39.2 Å². The minimum Gasteiger partial charge on any atom is -0.464 e. The highest BCUT2D eigenvalue weighted by atomic mass is 35.5. The number of esters is 1. The van der Waals surface area contributed by atoms with Crippen molar-refractivity contribution < 1.29 is 31.5 Å². The monoisotopic (exact) mass is 385 g/mol. The van der Waals surface area contributed by atoms with E-state index in [2.05, 4.69) is 9.72 Å². The Hall–Kier alpha value is -1.93. The number of alkyl halides is 2. The van der Waals surface area contributed by atoms with E-state index in [1.54, 1.807) is 0 Å². The van der Waals surface area contributed by atoms with Crippen molar-refractivity contribution in [3.63, 3.8) is 0 Å². The van der Waals surface area contributed by atoms with Gasteiger partial charge in [-0.15, -0.1) is 0 Å². The Labute approximate surface area is 142 Å². The van der Waals surface area contributed by atoms with Crippen LogP contribution in [0.25, 0.3) is 11.3 Å². The Balaban J connectivity index is 2.75. The maximum atomic E-state index is 14.4. The molecule has 0 amide bonds. The van der Waals surface area contributed by atoms with Gasteiger partial charge in [-0.25, -0.2) is 22.9 Å². The summed E-state index contributed by atoms with van der Waals surface area (Å²) in [6.45, 7) is 0. The first-order chi connectivity index (χ1) is 11.1. The summed E-state index contributed by atoms with van der Waals surface area (Å²) in [5, 5.41) is -1.63. The smallest absolute Gasteiger partial charge is 0.381 e. The summed E-state index contributed by atoms with van der Waals surface area (Å²) in [5.74, 6) is -10.7. The van der Waals surface area contributed by atoms with Crippen molar-refractivity contribution >= 4 is 29.2 Å². The maximum absolute atomic E-state index is 14.4. The summed E-state index contributed by atoms with van der Waals surface area (Å²) in [7, 11) is 0.678. The molecule has 0 aliphatic rings. The molecule has 0 aliphatic carbocycles. The van der Waals surface area contributed by atoms with Crippen molar-refractivity contribution in [3.8, 4) is 11.3 Å². The van der Waals surface area contributed by atoms with Crippen molar-refractivity contribution in [1.82, 2.24) is 4.98 Å². The molecule has 0 N–H and O–H groups in total. The number of hydrogen-bond acceptors (Lipinski definition) is 3. The lowest BCUT2D eigenvalue weighted by atomic mass is 10.0. The first kappa shape index (κ1) is 18.4. The van der Waals surface area contributed by atoms with E-state index < -0.39 is 56.3 Å². The highest BCUT2D eigenvalue weighted by molar-refractivity contribution is 6.31. The molecule has 1 aromatic heterocycles. The molecule has 0 fully saturated rings. The van der Waals surface area contributed by atoms with Gasteiger partial charge in [-0.3, -0.25) is 0 Å². The van der Waals surface area contributed by atoms with Gasteiger partial charge in [-0.1, -0.05) is 23.2 Å². The summed E-state index contributed by atoms with van der Waals surface area (Å²) in [6.07, 6.45) is 0. The van der Waals surface area contributed by atoms with Gasteiger partial charge in [-0.2, -0.15) is 8.78 Å². The summed E-state index contributed by atoms with van der Waals surface area (Å²) >= 11 is 10.9. The zero-order chi connectivity index (χ0) is 18.2. The van der Waals surface area contributed by atoms with E-state index in [1.165, 1.54) is 0 Å². The number of halogens is 7. The third-order valence-corrected chi connectivity index (χ3v) is 3.54. The quantitative estimate of drug-likeness (QED) is 0.331. The minimum atomic E-state index is -4.40. The zero-order valence-electron chi connectivity index (χ0n) is 11.6. The van der Waals surface area contributed by atoms with Crippen LogP contribution in [0.5, 0.6) is 0 Å². The van der Waals surface area contributed by atoms with Gasteiger partial charge >= 0.3 is 11.9 Å². The number of hydrogen-bond donors (Lipinski definition) is 0. The van der Waals surface area contributed by atoms with E-state index in [1.807, 2.05) is 0 Å². The molecule has 1 heterocycles. The second-order valence-electron chi connectivity index (χ2n) is 4.44. The first-order valence-electron chi connectivity index (χ1n) is 6.07. The second kappa shape index (κ2) is 6.52. The van der Waals surface area contributed by atoms with Gasteiger partial charge in [0.25, 0.3) is 0 Å². The van der Waals surface area contributed by atoms with E-state index >= 15 is 0 Å². The van der Waals surface area contributed by atoms with Gasteiger partial charge in [0.2, 0.25) is 0 Å². The molecule has 0 atom stereocenters. The average molecular weight is 386 g/mol. The van der Waals surface area contributed by atoms with Crippen molar-refractivity contribution in [1.29, 1.82) is 0 Å². The lowest BCUT2D eigenvalue weighted by Crippen LogP contribution is -2.29. The van der Waals surface area contributed by atoms with E-state index in [0.717, 1.165) is 6.07 Å². The van der Waals surface area contributed by atoms with Gasteiger partial charge in [0, 0.05) is 5.56 Å². The molecular formula is C14H6Cl2F5NO2. The fourth-order valence-electron chi connectivity index (χ4n) is 1.85. The Morgan fingerprint density at radius 2 is 1.79 bits per heavy atom. The Morgan fingerprint density at radius 3 is 2.38 bits per heavy atom. The minimum absolute atomic E-state index is 0.403. The van der Waals surface area contributed by atoms with Crippen LogP contribution in [0.15, 0.2) is 18.2 Å². The van der Waals surface area contributed by atoms with Crippen molar-refractivity contribution in [3.05, 3.63) is 51.4 Å². The molecule has 1 aromatic carbocycles. The predicted molar refractivity (Wildman–Crippen MR) is 75.5 cm³/mol. The third kappa shape index (κ3) is 3.03. The lowest BCUT2D eigenvalue weighted by molar-refractivity contribution is -0.170. The van der Waals surface area contributed by atoms with Gasteiger partial charge < -0.3 is 4.74 Å². The normalized spacial score (nSPS) is 11.5. The van der Waals surface area contributed by atoms with Crippen molar-refractivity contribution in [2.24, 2.45) is 0 Å². The number of methoxy groups -OCH3 is 1. The van der Waals surface area contributed by atoms with Gasteiger partial charge in [0.1, 0.15) is 21.7 Å². The van der Waals surface area contributed by atoms with Crippen molar-refractivity contribution in [2.45, 2.75) is 5.92 Å². The van der Waals surface area contributed by atoms with E-state index in [4.69, 9.17) is 23.2 Å². The standard InChI is InChI=1S/C14H6Cl2F5NO2/c1-24-13(23)14(20,21)6-4-8(15)22-12(11(6)19)5-2-3-7(17)9(16)10(5)18/h2-4H,1H3. The molecule has 0 saturated carbocycles. The van der Waals surface area contributed by atoms with Crippen molar-refractivity contribution in [2.75, 3.05) is 7.11 Å². The molecule has 0 saturated heterocycles. The number of ether oxygens (including phenoxy) is 1. The fourth-order valence-corrected chi connectivity index (χ4v) is 2.21. The molecule has 10 heteroatoms. The van der Waals surface area contributed by atoms with E-state index in [-0.39, 0.29) is 0 Å². The Morgan fingerprint density at radius 1 is 1.17 bits per heavy atom. The van der Waals surface area contributed by atoms with E-state index in [9.17, 15) is 26.7 Å². The average Bonchev–Trinajstić information content (AvgIpc) is 2.54. The number of nitrogens with zero attached hydrogens (tertiary/aromatic N) is 1. The molecule has 2 rings (SSSR count). The Bertz CT molecular complexity index is 829. The lowest BCUT2D eigenvalue weighted by Gasteiger charge is -2.17. The van der Waals surface area contributed by atoms with Crippen LogP contribution < -0.4 is 0 Å². The number of benzene rings is 1. The van der Waals surface area contributed by atoms with Crippen LogP contribution >= 0.6 is 23.2 Å². The molecular weight excluding hydrogens is 380 g/mol. The first-order valence-corrected chi connectivity index (χ1v) is 6.83. The second-order valence-corrected chi connectivity index (χ2v) is 5.21. The largest absolute Gasteiger partial charge is 0.464 e. The molecule has 0 spiro atoms. The molecule has 0 radical (unpaired) electrons. The van der Waals surface area contributed by atoms with Gasteiger partial charge in [-0.05, 0) is 18.2 Å². The highest BCUT2D eigenvalue weighted by Crippen LogP contribution is 2.38. The summed E-state index contributed by atoms with van der Waals surface area (Å²) in [6, 6.07) is 1.85. The third-order valence-electron chi connectivity index (χ3n) is 3.00. The number of aromatic nitrogens is 1.